The summed E-state index contributed by atoms with van der Waals surface area (Å²) in [6.07, 6.45) is 6.19. The Morgan fingerprint density at radius 3 is 1.53 bits per heavy atom. The summed E-state index contributed by atoms with van der Waals surface area (Å²) in [4.78, 5) is 32.8. The number of alkyl halides is 2. The Labute approximate surface area is 209 Å². The first kappa shape index (κ1) is 25.7. The van der Waals surface area contributed by atoms with E-state index in [0.29, 0.717) is 30.2 Å². The molecular weight excluding hydrogens is 475 g/mol. The Hall–Kier alpha value is -2.96. The topological polar surface area (TPSA) is 78.4 Å². The van der Waals surface area contributed by atoms with Crippen LogP contribution >= 0.6 is 23.2 Å². The first-order valence-corrected chi connectivity index (χ1v) is 12.0. The summed E-state index contributed by atoms with van der Waals surface area (Å²) in [5, 5.41) is -1.30. The number of hydrogen-bond acceptors (Lipinski definition) is 6. The van der Waals surface area contributed by atoms with E-state index in [1.165, 1.54) is 0 Å². The largest absolute Gasteiger partial charge is 0.425 e. The quantitative estimate of drug-likeness (QED) is 0.181. The van der Waals surface area contributed by atoms with Gasteiger partial charge in [0.25, 0.3) is 0 Å². The Balaban J connectivity index is 1.62. The van der Waals surface area contributed by atoms with Crippen molar-refractivity contribution in [2.75, 3.05) is 0 Å². The molecule has 0 aliphatic carbocycles. The van der Waals surface area contributed by atoms with Crippen molar-refractivity contribution >= 4 is 35.1 Å². The zero-order valence-corrected chi connectivity index (χ0v) is 20.6. The molecule has 0 radical (unpaired) electrons. The summed E-state index contributed by atoms with van der Waals surface area (Å²) in [5.41, 5.74) is 2.48. The lowest BCUT2D eigenvalue weighted by Crippen LogP contribution is -2.20. The van der Waals surface area contributed by atoms with Crippen LogP contribution < -0.4 is 9.47 Å². The SMILES string of the molecule is CCCC(Cl)C(=O)Oc1ccc(-c2cnc(-c3ccc(OC(=O)C(Cl)CCC)cc3)nc2)cc1. The number of nitrogens with zero attached hydrogens (tertiary/aromatic N) is 2. The van der Waals surface area contributed by atoms with Crippen LogP contribution in [0.1, 0.15) is 39.5 Å². The van der Waals surface area contributed by atoms with Crippen LogP contribution in [0.25, 0.3) is 22.5 Å². The predicted molar refractivity (Wildman–Crippen MR) is 133 cm³/mol. The minimum atomic E-state index is -0.653. The summed E-state index contributed by atoms with van der Waals surface area (Å²) in [5.74, 6) is 0.485. The Kier molecular flexibility index (Phi) is 9.42. The fourth-order valence-electron chi connectivity index (χ4n) is 3.12. The minimum Gasteiger partial charge on any atom is -0.425 e. The van der Waals surface area contributed by atoms with E-state index in [1.54, 1.807) is 48.8 Å². The third-order valence-electron chi connectivity index (χ3n) is 4.98. The van der Waals surface area contributed by atoms with Gasteiger partial charge in [0, 0.05) is 23.5 Å². The summed E-state index contributed by atoms with van der Waals surface area (Å²) in [6, 6.07) is 14.0. The molecular formula is C26H26Cl2N2O4. The van der Waals surface area contributed by atoms with Crippen molar-refractivity contribution < 1.29 is 19.1 Å². The Bertz CT molecular complexity index is 999. The number of halogens is 2. The molecule has 0 saturated heterocycles. The molecule has 2 aromatic carbocycles. The van der Waals surface area contributed by atoms with Crippen LogP contribution in [0.15, 0.2) is 60.9 Å². The van der Waals surface area contributed by atoms with E-state index in [2.05, 4.69) is 9.97 Å². The summed E-state index contributed by atoms with van der Waals surface area (Å²) >= 11 is 12.0. The van der Waals surface area contributed by atoms with Crippen LogP contribution in [0, 0.1) is 0 Å². The zero-order valence-electron chi connectivity index (χ0n) is 19.0. The van der Waals surface area contributed by atoms with Crippen LogP contribution in [-0.4, -0.2) is 32.7 Å². The first-order valence-electron chi connectivity index (χ1n) is 11.2. The van der Waals surface area contributed by atoms with Gasteiger partial charge in [0.15, 0.2) is 5.82 Å². The van der Waals surface area contributed by atoms with E-state index in [9.17, 15) is 9.59 Å². The molecule has 0 N–H and O–H groups in total. The van der Waals surface area contributed by atoms with E-state index in [0.717, 1.165) is 29.5 Å². The van der Waals surface area contributed by atoms with Gasteiger partial charge >= 0.3 is 11.9 Å². The third-order valence-corrected chi connectivity index (χ3v) is 5.78. The van der Waals surface area contributed by atoms with Crippen molar-refractivity contribution in [3.8, 4) is 34.0 Å². The molecule has 178 valence electrons. The molecule has 2 unspecified atom stereocenters. The first-order chi connectivity index (χ1) is 16.4. The van der Waals surface area contributed by atoms with Crippen LogP contribution in [-0.2, 0) is 9.59 Å². The molecule has 3 rings (SSSR count). The number of hydrogen-bond donors (Lipinski definition) is 0. The standard InChI is InChI=1S/C26H26Cl2N2O4/c1-3-5-22(27)25(31)33-20-11-7-17(8-12-20)19-15-29-24(30-16-19)18-9-13-21(14-10-18)34-26(32)23(28)6-4-2/h7-16,22-23H,3-6H2,1-2H3. The summed E-state index contributed by atoms with van der Waals surface area (Å²) < 4.78 is 10.6. The average molecular weight is 501 g/mol. The molecule has 0 aliphatic rings. The summed E-state index contributed by atoms with van der Waals surface area (Å²) in [7, 11) is 0. The van der Waals surface area contributed by atoms with Gasteiger partial charge in [-0.05, 0) is 54.8 Å². The van der Waals surface area contributed by atoms with E-state index >= 15 is 0 Å². The highest BCUT2D eigenvalue weighted by Crippen LogP contribution is 2.25. The minimum absolute atomic E-state index is 0.420. The van der Waals surface area contributed by atoms with Gasteiger partial charge in [-0.15, -0.1) is 23.2 Å². The predicted octanol–water partition coefficient (Wildman–Crippen LogP) is 6.44. The lowest BCUT2D eigenvalue weighted by Gasteiger charge is -2.10. The van der Waals surface area contributed by atoms with Crippen LogP contribution in [0.2, 0.25) is 0 Å². The molecule has 1 aromatic heterocycles. The normalized spacial score (nSPS) is 12.6. The molecule has 0 aliphatic heterocycles. The van der Waals surface area contributed by atoms with Crippen molar-refractivity contribution in [3.05, 3.63) is 60.9 Å². The maximum atomic E-state index is 12.0. The lowest BCUT2D eigenvalue weighted by molar-refractivity contribution is -0.135. The monoisotopic (exact) mass is 500 g/mol. The van der Waals surface area contributed by atoms with Crippen molar-refractivity contribution in [1.82, 2.24) is 9.97 Å². The molecule has 1 heterocycles. The van der Waals surface area contributed by atoms with E-state index < -0.39 is 22.7 Å². The van der Waals surface area contributed by atoms with Gasteiger partial charge in [-0.3, -0.25) is 9.59 Å². The molecule has 2 atom stereocenters. The number of rotatable bonds is 10. The highest BCUT2D eigenvalue weighted by atomic mass is 35.5. The highest BCUT2D eigenvalue weighted by Gasteiger charge is 2.17. The second-order valence-corrected chi connectivity index (χ2v) is 8.75. The summed E-state index contributed by atoms with van der Waals surface area (Å²) in [6.45, 7) is 3.92. The van der Waals surface area contributed by atoms with Gasteiger partial charge in [0.05, 0.1) is 0 Å². The van der Waals surface area contributed by atoms with Gasteiger partial charge in [-0.25, -0.2) is 9.97 Å². The van der Waals surface area contributed by atoms with Crippen molar-refractivity contribution in [2.45, 2.75) is 50.3 Å². The second-order valence-electron chi connectivity index (χ2n) is 7.70. The average Bonchev–Trinajstić information content (AvgIpc) is 2.85. The molecule has 0 bridgehead atoms. The smallest absolute Gasteiger partial charge is 0.329 e. The number of carbonyl (C=O) groups excluding carboxylic acids is 2. The molecule has 34 heavy (non-hydrogen) atoms. The van der Waals surface area contributed by atoms with Crippen molar-refractivity contribution in [2.24, 2.45) is 0 Å². The zero-order chi connectivity index (χ0) is 24.5. The second kappa shape index (κ2) is 12.5. The van der Waals surface area contributed by atoms with Gasteiger partial charge in [0.1, 0.15) is 22.3 Å². The molecule has 6 nitrogen and oxygen atoms in total. The molecule has 0 saturated carbocycles. The van der Waals surface area contributed by atoms with Crippen molar-refractivity contribution in [1.29, 1.82) is 0 Å². The van der Waals surface area contributed by atoms with Crippen molar-refractivity contribution in [3.63, 3.8) is 0 Å². The van der Waals surface area contributed by atoms with E-state index in [-0.39, 0.29) is 0 Å². The van der Waals surface area contributed by atoms with E-state index in [1.807, 2.05) is 26.0 Å². The molecule has 3 aromatic rings. The number of esters is 2. The van der Waals surface area contributed by atoms with Crippen LogP contribution in [0.4, 0.5) is 0 Å². The Morgan fingerprint density at radius 2 is 1.12 bits per heavy atom. The van der Waals surface area contributed by atoms with E-state index in [4.69, 9.17) is 32.7 Å². The maximum Gasteiger partial charge on any atom is 0.329 e. The fourth-order valence-corrected chi connectivity index (χ4v) is 3.64. The van der Waals surface area contributed by atoms with Crippen LogP contribution in [0.3, 0.4) is 0 Å². The van der Waals surface area contributed by atoms with Gasteiger partial charge in [-0.2, -0.15) is 0 Å². The number of benzene rings is 2. The van der Waals surface area contributed by atoms with Gasteiger partial charge in [-0.1, -0.05) is 38.8 Å². The fraction of sp³-hybridized carbons (Fsp3) is 0.308. The maximum absolute atomic E-state index is 12.0. The molecule has 0 fully saturated rings. The number of aromatic nitrogens is 2. The molecule has 0 amide bonds. The lowest BCUT2D eigenvalue weighted by atomic mass is 10.1. The molecule has 0 spiro atoms. The number of carbonyl (C=O) groups is 2. The third kappa shape index (κ3) is 7.02. The van der Waals surface area contributed by atoms with Crippen LogP contribution in [0.5, 0.6) is 11.5 Å². The van der Waals surface area contributed by atoms with Gasteiger partial charge < -0.3 is 9.47 Å². The highest BCUT2D eigenvalue weighted by molar-refractivity contribution is 6.30. The molecule has 8 heteroatoms. The Morgan fingerprint density at radius 1 is 0.706 bits per heavy atom. The number of ether oxygens (including phenoxy) is 2. The van der Waals surface area contributed by atoms with Gasteiger partial charge in [0.2, 0.25) is 0 Å².